The normalized spacial score (nSPS) is 11.5. The number of aliphatic carboxylic acids is 1. The fourth-order valence-corrected chi connectivity index (χ4v) is 1.73. The standard InChI is InChI=1S/C12H14N4O3/c1-12(2,6-10(17)18)5-9-15-11(16-19-9)8-7-13-3-4-14-8/h3-4,7H,5-6H2,1-2H3,(H,17,18). The highest BCUT2D eigenvalue weighted by Gasteiger charge is 2.25. The van der Waals surface area contributed by atoms with Crippen LogP contribution in [-0.2, 0) is 11.2 Å². The molecular formula is C12H14N4O3. The van der Waals surface area contributed by atoms with E-state index < -0.39 is 11.4 Å². The van der Waals surface area contributed by atoms with E-state index in [2.05, 4.69) is 20.1 Å². The summed E-state index contributed by atoms with van der Waals surface area (Å²) >= 11 is 0. The van der Waals surface area contributed by atoms with Crippen LogP contribution < -0.4 is 0 Å². The SMILES string of the molecule is CC(C)(CC(=O)O)Cc1nc(-c2cnccn2)no1. The summed E-state index contributed by atoms with van der Waals surface area (Å²) in [6.45, 7) is 3.68. The molecule has 0 saturated heterocycles. The van der Waals surface area contributed by atoms with Crippen molar-refractivity contribution in [3.63, 3.8) is 0 Å². The largest absolute Gasteiger partial charge is 0.481 e. The Balaban J connectivity index is 2.12. The van der Waals surface area contributed by atoms with Crippen molar-refractivity contribution >= 4 is 5.97 Å². The summed E-state index contributed by atoms with van der Waals surface area (Å²) in [5.74, 6) is -0.0974. The van der Waals surface area contributed by atoms with Gasteiger partial charge in [0.15, 0.2) is 0 Å². The average molecular weight is 262 g/mol. The van der Waals surface area contributed by atoms with E-state index in [1.54, 1.807) is 12.4 Å². The van der Waals surface area contributed by atoms with Crippen LogP contribution in [0.2, 0.25) is 0 Å². The van der Waals surface area contributed by atoms with Gasteiger partial charge in [-0.25, -0.2) is 4.98 Å². The summed E-state index contributed by atoms with van der Waals surface area (Å²) < 4.78 is 5.11. The van der Waals surface area contributed by atoms with Gasteiger partial charge < -0.3 is 9.63 Å². The van der Waals surface area contributed by atoms with Gasteiger partial charge in [-0.1, -0.05) is 19.0 Å². The zero-order valence-corrected chi connectivity index (χ0v) is 10.7. The average Bonchev–Trinajstić information content (AvgIpc) is 2.76. The fourth-order valence-electron chi connectivity index (χ4n) is 1.73. The van der Waals surface area contributed by atoms with Crippen LogP contribution in [0.4, 0.5) is 0 Å². The number of hydrogen-bond acceptors (Lipinski definition) is 6. The summed E-state index contributed by atoms with van der Waals surface area (Å²) in [6, 6.07) is 0. The number of nitrogens with zero attached hydrogens (tertiary/aromatic N) is 4. The van der Waals surface area contributed by atoms with E-state index in [4.69, 9.17) is 9.63 Å². The molecule has 100 valence electrons. The van der Waals surface area contributed by atoms with Crippen LogP contribution in [0.3, 0.4) is 0 Å². The van der Waals surface area contributed by atoms with Gasteiger partial charge in [0.05, 0.1) is 12.6 Å². The second kappa shape index (κ2) is 5.13. The van der Waals surface area contributed by atoms with Gasteiger partial charge in [0, 0.05) is 18.8 Å². The summed E-state index contributed by atoms with van der Waals surface area (Å²) in [4.78, 5) is 22.9. The molecule has 2 aromatic heterocycles. The predicted octanol–water partition coefficient (Wildman–Crippen LogP) is 1.57. The van der Waals surface area contributed by atoms with Crippen LogP contribution in [0.15, 0.2) is 23.1 Å². The minimum Gasteiger partial charge on any atom is -0.481 e. The minimum absolute atomic E-state index is 0.0376. The molecular weight excluding hydrogens is 248 g/mol. The van der Waals surface area contributed by atoms with Gasteiger partial charge >= 0.3 is 5.97 Å². The molecule has 2 aromatic rings. The topological polar surface area (TPSA) is 102 Å². The highest BCUT2D eigenvalue weighted by molar-refractivity contribution is 5.67. The molecule has 0 amide bonds. The first kappa shape index (κ1) is 13.1. The zero-order valence-electron chi connectivity index (χ0n) is 10.7. The lowest BCUT2D eigenvalue weighted by Crippen LogP contribution is -2.19. The number of hydrogen-bond donors (Lipinski definition) is 1. The summed E-state index contributed by atoms with van der Waals surface area (Å²) in [7, 11) is 0. The Labute approximate surface area is 109 Å². The maximum atomic E-state index is 10.7. The van der Waals surface area contributed by atoms with Crippen molar-refractivity contribution in [2.24, 2.45) is 5.41 Å². The Morgan fingerprint density at radius 1 is 1.42 bits per heavy atom. The van der Waals surface area contributed by atoms with E-state index in [0.29, 0.717) is 23.8 Å². The van der Waals surface area contributed by atoms with Crippen LogP contribution in [0.25, 0.3) is 11.5 Å². The van der Waals surface area contributed by atoms with E-state index in [0.717, 1.165) is 0 Å². The van der Waals surface area contributed by atoms with Gasteiger partial charge in [0.1, 0.15) is 5.69 Å². The van der Waals surface area contributed by atoms with Gasteiger partial charge in [0.25, 0.3) is 0 Å². The smallest absolute Gasteiger partial charge is 0.303 e. The summed E-state index contributed by atoms with van der Waals surface area (Å²) in [5.41, 5.74) is 0.0754. The molecule has 0 aliphatic heterocycles. The second-order valence-electron chi connectivity index (χ2n) is 5.01. The minimum atomic E-state index is -0.848. The Kier molecular flexibility index (Phi) is 3.55. The fraction of sp³-hybridized carbons (Fsp3) is 0.417. The van der Waals surface area contributed by atoms with Crippen molar-refractivity contribution in [1.29, 1.82) is 0 Å². The molecule has 7 heteroatoms. The number of carboxylic acid groups (broad SMARTS) is 1. The van der Waals surface area contributed by atoms with E-state index in [-0.39, 0.29) is 6.42 Å². The first-order valence-electron chi connectivity index (χ1n) is 5.77. The Bertz CT molecular complexity index is 565. The molecule has 0 unspecified atom stereocenters. The monoisotopic (exact) mass is 262 g/mol. The van der Waals surface area contributed by atoms with E-state index in [9.17, 15) is 4.79 Å². The van der Waals surface area contributed by atoms with Gasteiger partial charge in [0.2, 0.25) is 11.7 Å². The maximum Gasteiger partial charge on any atom is 0.303 e. The molecule has 0 aliphatic rings. The van der Waals surface area contributed by atoms with Crippen LogP contribution in [0.1, 0.15) is 26.2 Å². The molecule has 0 saturated carbocycles. The Hall–Kier alpha value is -2.31. The molecule has 0 atom stereocenters. The maximum absolute atomic E-state index is 10.7. The van der Waals surface area contributed by atoms with Crippen molar-refractivity contribution in [3.05, 3.63) is 24.5 Å². The highest BCUT2D eigenvalue weighted by atomic mass is 16.5. The predicted molar refractivity (Wildman–Crippen MR) is 65.1 cm³/mol. The molecule has 0 spiro atoms. The van der Waals surface area contributed by atoms with Gasteiger partial charge in [-0.3, -0.25) is 9.78 Å². The Morgan fingerprint density at radius 2 is 2.21 bits per heavy atom. The van der Waals surface area contributed by atoms with Crippen molar-refractivity contribution in [2.75, 3.05) is 0 Å². The summed E-state index contributed by atoms with van der Waals surface area (Å²) in [6.07, 6.45) is 5.07. The third-order valence-corrected chi connectivity index (χ3v) is 2.52. The molecule has 2 heterocycles. The van der Waals surface area contributed by atoms with Gasteiger partial charge in [-0.2, -0.15) is 4.98 Å². The van der Waals surface area contributed by atoms with Crippen molar-refractivity contribution < 1.29 is 14.4 Å². The molecule has 2 rings (SSSR count). The molecule has 0 aromatic carbocycles. The second-order valence-corrected chi connectivity index (χ2v) is 5.01. The molecule has 0 fully saturated rings. The van der Waals surface area contributed by atoms with Gasteiger partial charge in [-0.15, -0.1) is 0 Å². The first-order chi connectivity index (χ1) is 8.96. The van der Waals surface area contributed by atoms with Crippen LogP contribution in [-0.4, -0.2) is 31.2 Å². The van der Waals surface area contributed by atoms with E-state index in [1.807, 2.05) is 13.8 Å². The lowest BCUT2D eigenvalue weighted by molar-refractivity contribution is -0.139. The van der Waals surface area contributed by atoms with E-state index in [1.165, 1.54) is 6.20 Å². The zero-order chi connectivity index (χ0) is 13.9. The number of aromatic nitrogens is 4. The van der Waals surface area contributed by atoms with Crippen LogP contribution in [0, 0.1) is 5.41 Å². The molecule has 0 radical (unpaired) electrons. The number of carboxylic acids is 1. The quantitative estimate of drug-likeness (QED) is 0.872. The van der Waals surface area contributed by atoms with Crippen LogP contribution >= 0.6 is 0 Å². The number of carbonyl (C=O) groups is 1. The third-order valence-electron chi connectivity index (χ3n) is 2.52. The number of rotatable bonds is 5. The van der Waals surface area contributed by atoms with Crippen molar-refractivity contribution in [2.45, 2.75) is 26.7 Å². The van der Waals surface area contributed by atoms with Crippen LogP contribution in [0.5, 0.6) is 0 Å². The molecule has 19 heavy (non-hydrogen) atoms. The Morgan fingerprint density at radius 3 is 2.84 bits per heavy atom. The molecule has 1 N–H and O–H groups in total. The molecule has 7 nitrogen and oxygen atoms in total. The first-order valence-corrected chi connectivity index (χ1v) is 5.77. The van der Waals surface area contributed by atoms with Gasteiger partial charge in [-0.05, 0) is 5.41 Å². The lowest BCUT2D eigenvalue weighted by Gasteiger charge is -2.19. The van der Waals surface area contributed by atoms with E-state index >= 15 is 0 Å². The summed E-state index contributed by atoms with van der Waals surface area (Å²) in [5, 5.41) is 12.6. The molecule has 0 aliphatic carbocycles. The lowest BCUT2D eigenvalue weighted by atomic mass is 9.86. The molecule has 0 bridgehead atoms. The van der Waals surface area contributed by atoms with Crippen molar-refractivity contribution in [3.8, 4) is 11.5 Å². The highest BCUT2D eigenvalue weighted by Crippen LogP contribution is 2.25. The van der Waals surface area contributed by atoms with Crippen molar-refractivity contribution in [1.82, 2.24) is 20.1 Å². The third kappa shape index (κ3) is 3.57.